The SMILES string of the molecule is Cn1cccc1C(=O)NC(C)(C)C(=O)O. The number of nitrogens with zero attached hydrogens (tertiary/aromatic N) is 1. The summed E-state index contributed by atoms with van der Waals surface area (Å²) in [6.07, 6.45) is 1.72. The molecule has 82 valence electrons. The van der Waals surface area contributed by atoms with Crippen LogP contribution in [0.4, 0.5) is 0 Å². The third kappa shape index (κ3) is 2.37. The lowest BCUT2D eigenvalue weighted by atomic mass is 10.1. The average Bonchev–Trinajstić information content (AvgIpc) is 2.50. The number of aryl methyl sites for hydroxylation is 1. The van der Waals surface area contributed by atoms with Gasteiger partial charge < -0.3 is 15.0 Å². The average molecular weight is 210 g/mol. The number of rotatable bonds is 3. The number of aromatic nitrogens is 1. The van der Waals surface area contributed by atoms with Gasteiger partial charge in [-0.05, 0) is 26.0 Å². The van der Waals surface area contributed by atoms with Gasteiger partial charge in [-0.1, -0.05) is 0 Å². The van der Waals surface area contributed by atoms with Gasteiger partial charge in [0.05, 0.1) is 0 Å². The molecule has 1 aromatic rings. The second-order valence-corrected chi connectivity index (χ2v) is 3.89. The van der Waals surface area contributed by atoms with Crippen LogP contribution >= 0.6 is 0 Å². The van der Waals surface area contributed by atoms with E-state index in [1.54, 1.807) is 29.9 Å². The van der Waals surface area contributed by atoms with E-state index in [-0.39, 0.29) is 0 Å². The topological polar surface area (TPSA) is 71.3 Å². The van der Waals surface area contributed by atoms with E-state index >= 15 is 0 Å². The van der Waals surface area contributed by atoms with Crippen molar-refractivity contribution in [3.8, 4) is 0 Å². The quantitative estimate of drug-likeness (QED) is 0.768. The van der Waals surface area contributed by atoms with E-state index in [0.717, 1.165) is 0 Å². The molecule has 0 unspecified atom stereocenters. The lowest BCUT2D eigenvalue weighted by Gasteiger charge is -2.20. The Morgan fingerprint density at radius 1 is 1.47 bits per heavy atom. The van der Waals surface area contributed by atoms with E-state index in [4.69, 9.17) is 5.11 Å². The maximum atomic E-state index is 11.7. The van der Waals surface area contributed by atoms with Gasteiger partial charge in [-0.2, -0.15) is 0 Å². The highest BCUT2D eigenvalue weighted by Gasteiger charge is 2.29. The number of carboxylic acid groups (broad SMARTS) is 1. The Kier molecular flexibility index (Phi) is 2.83. The standard InChI is InChI=1S/C10H14N2O3/c1-10(2,9(14)15)11-8(13)7-5-4-6-12(7)3/h4-6H,1-3H3,(H,11,13)(H,14,15). The summed E-state index contributed by atoms with van der Waals surface area (Å²) in [5, 5.41) is 11.3. The highest BCUT2D eigenvalue weighted by molar-refractivity contribution is 5.96. The first-order valence-electron chi connectivity index (χ1n) is 4.52. The number of carbonyl (C=O) groups excluding carboxylic acids is 1. The van der Waals surface area contributed by atoms with Gasteiger partial charge in [-0.25, -0.2) is 4.79 Å². The minimum absolute atomic E-state index is 0.394. The van der Waals surface area contributed by atoms with Gasteiger partial charge in [0.1, 0.15) is 11.2 Å². The van der Waals surface area contributed by atoms with Gasteiger partial charge in [0.15, 0.2) is 0 Å². The van der Waals surface area contributed by atoms with E-state index in [0.29, 0.717) is 5.69 Å². The lowest BCUT2D eigenvalue weighted by molar-refractivity contribution is -0.143. The van der Waals surface area contributed by atoms with Crippen LogP contribution in [-0.4, -0.2) is 27.1 Å². The third-order valence-corrected chi connectivity index (χ3v) is 2.14. The Labute approximate surface area is 87.7 Å². The molecule has 1 amide bonds. The first-order chi connectivity index (χ1) is 6.84. The second-order valence-electron chi connectivity index (χ2n) is 3.89. The Balaban J connectivity index is 2.81. The predicted molar refractivity (Wildman–Crippen MR) is 54.6 cm³/mol. The number of hydrogen-bond acceptors (Lipinski definition) is 2. The summed E-state index contributed by atoms with van der Waals surface area (Å²) in [6, 6.07) is 3.36. The molecule has 0 bridgehead atoms. The number of aliphatic carboxylic acids is 1. The van der Waals surface area contributed by atoms with Gasteiger partial charge in [0, 0.05) is 13.2 Å². The molecule has 0 saturated heterocycles. The van der Waals surface area contributed by atoms with Crippen molar-refractivity contribution in [2.24, 2.45) is 7.05 Å². The lowest BCUT2D eigenvalue weighted by Crippen LogP contribution is -2.50. The van der Waals surface area contributed by atoms with Crippen LogP contribution in [0.2, 0.25) is 0 Å². The van der Waals surface area contributed by atoms with Crippen LogP contribution in [0, 0.1) is 0 Å². The number of nitrogens with one attached hydrogen (secondary N) is 1. The van der Waals surface area contributed by atoms with Gasteiger partial charge >= 0.3 is 5.97 Å². The van der Waals surface area contributed by atoms with Crippen LogP contribution in [0.25, 0.3) is 0 Å². The van der Waals surface area contributed by atoms with Crippen LogP contribution in [0.1, 0.15) is 24.3 Å². The molecule has 0 atom stereocenters. The van der Waals surface area contributed by atoms with Crippen molar-refractivity contribution < 1.29 is 14.7 Å². The number of amides is 1. The van der Waals surface area contributed by atoms with E-state index in [9.17, 15) is 9.59 Å². The smallest absolute Gasteiger partial charge is 0.328 e. The Hall–Kier alpha value is -1.78. The summed E-state index contributed by atoms with van der Waals surface area (Å²) >= 11 is 0. The van der Waals surface area contributed by atoms with Gasteiger partial charge in [0.25, 0.3) is 5.91 Å². The van der Waals surface area contributed by atoms with Crippen LogP contribution in [0.15, 0.2) is 18.3 Å². The molecule has 15 heavy (non-hydrogen) atoms. The highest BCUT2D eigenvalue weighted by atomic mass is 16.4. The Morgan fingerprint density at radius 2 is 2.07 bits per heavy atom. The highest BCUT2D eigenvalue weighted by Crippen LogP contribution is 2.06. The van der Waals surface area contributed by atoms with E-state index in [2.05, 4.69) is 5.32 Å². The number of carbonyl (C=O) groups is 2. The second kappa shape index (κ2) is 3.76. The molecule has 5 nitrogen and oxygen atoms in total. The molecule has 5 heteroatoms. The maximum Gasteiger partial charge on any atom is 0.328 e. The first kappa shape index (κ1) is 11.3. The first-order valence-corrected chi connectivity index (χ1v) is 4.52. The zero-order valence-corrected chi connectivity index (χ0v) is 8.94. The van der Waals surface area contributed by atoms with E-state index < -0.39 is 17.4 Å². The van der Waals surface area contributed by atoms with Gasteiger partial charge in [0.2, 0.25) is 0 Å². The molecule has 0 aromatic carbocycles. The zero-order chi connectivity index (χ0) is 11.6. The van der Waals surface area contributed by atoms with Crippen molar-refractivity contribution in [3.05, 3.63) is 24.0 Å². The minimum atomic E-state index is -1.26. The molecule has 0 radical (unpaired) electrons. The minimum Gasteiger partial charge on any atom is -0.480 e. The fourth-order valence-electron chi connectivity index (χ4n) is 1.10. The molecule has 2 N–H and O–H groups in total. The molecule has 0 aliphatic carbocycles. The van der Waals surface area contributed by atoms with Crippen LogP contribution < -0.4 is 5.32 Å². The van der Waals surface area contributed by atoms with Crippen molar-refractivity contribution in [1.82, 2.24) is 9.88 Å². The summed E-state index contributed by atoms with van der Waals surface area (Å²) in [4.78, 5) is 22.4. The normalized spacial score (nSPS) is 11.1. The largest absolute Gasteiger partial charge is 0.480 e. The molecule has 0 aliphatic heterocycles. The van der Waals surface area contributed by atoms with Gasteiger partial charge in [-0.15, -0.1) is 0 Å². The Morgan fingerprint density at radius 3 is 2.47 bits per heavy atom. The molecular weight excluding hydrogens is 196 g/mol. The predicted octanol–water partition coefficient (Wildman–Crippen LogP) is 0.618. The maximum absolute atomic E-state index is 11.7. The van der Waals surface area contributed by atoms with E-state index in [1.165, 1.54) is 13.8 Å². The molecule has 0 aliphatic rings. The van der Waals surface area contributed by atoms with Crippen LogP contribution in [0.3, 0.4) is 0 Å². The fraction of sp³-hybridized carbons (Fsp3) is 0.400. The van der Waals surface area contributed by atoms with E-state index in [1.807, 2.05) is 0 Å². The molecule has 1 rings (SSSR count). The van der Waals surface area contributed by atoms with Crippen LogP contribution in [0.5, 0.6) is 0 Å². The molecular formula is C10H14N2O3. The summed E-state index contributed by atoms with van der Waals surface area (Å²) in [7, 11) is 1.72. The van der Waals surface area contributed by atoms with Gasteiger partial charge in [-0.3, -0.25) is 4.79 Å². The van der Waals surface area contributed by atoms with Crippen molar-refractivity contribution in [2.45, 2.75) is 19.4 Å². The third-order valence-electron chi connectivity index (χ3n) is 2.14. The summed E-state index contributed by atoms with van der Waals surface area (Å²) in [6.45, 7) is 2.88. The number of carboxylic acids is 1. The molecule has 1 aromatic heterocycles. The molecule has 0 spiro atoms. The molecule has 1 heterocycles. The zero-order valence-electron chi connectivity index (χ0n) is 8.94. The van der Waals surface area contributed by atoms with Crippen molar-refractivity contribution in [2.75, 3.05) is 0 Å². The van der Waals surface area contributed by atoms with Crippen molar-refractivity contribution in [3.63, 3.8) is 0 Å². The monoisotopic (exact) mass is 210 g/mol. The number of hydrogen-bond donors (Lipinski definition) is 2. The van der Waals surface area contributed by atoms with Crippen LogP contribution in [-0.2, 0) is 11.8 Å². The molecule has 0 fully saturated rings. The summed E-state index contributed by atoms with van der Waals surface area (Å²) in [5.74, 6) is -1.46. The molecule has 0 saturated carbocycles. The Bertz CT molecular complexity index is 393. The summed E-state index contributed by atoms with van der Waals surface area (Å²) < 4.78 is 1.63. The summed E-state index contributed by atoms with van der Waals surface area (Å²) in [5.41, 5.74) is -0.828. The van der Waals surface area contributed by atoms with Crippen molar-refractivity contribution >= 4 is 11.9 Å². The fourth-order valence-corrected chi connectivity index (χ4v) is 1.10. The van der Waals surface area contributed by atoms with Crippen molar-refractivity contribution in [1.29, 1.82) is 0 Å².